The molecule has 0 fully saturated rings. The van der Waals surface area contributed by atoms with Crippen LogP contribution in [0, 0.1) is 0 Å². The molecule has 0 saturated heterocycles. The van der Waals surface area contributed by atoms with E-state index in [2.05, 4.69) is 65.8 Å². The van der Waals surface area contributed by atoms with Gasteiger partial charge in [-0.1, -0.05) is 48.5 Å². The Morgan fingerprint density at radius 1 is 0.765 bits per heavy atom. The van der Waals surface area contributed by atoms with Crippen LogP contribution in [0.15, 0.2) is 60.8 Å². The lowest BCUT2D eigenvalue weighted by atomic mass is 10.0. The number of fused-ring (bicyclic) bond motifs is 1. The van der Waals surface area contributed by atoms with Gasteiger partial charge in [-0.15, -0.1) is 0 Å². The van der Waals surface area contributed by atoms with Gasteiger partial charge in [-0.25, -0.2) is 0 Å². The molecule has 1 heteroatoms. The Hall–Kier alpha value is -2.02. The van der Waals surface area contributed by atoms with E-state index >= 15 is 0 Å². The first kappa shape index (κ1) is 10.2. The highest BCUT2D eigenvalue weighted by Crippen LogP contribution is 2.19. The number of para-hydroxylation sites is 1. The highest BCUT2D eigenvalue weighted by atomic mass is 14.7. The molecule has 3 rings (SSSR count). The van der Waals surface area contributed by atoms with Crippen molar-refractivity contribution in [3.63, 3.8) is 0 Å². The number of hydrogen-bond donors (Lipinski definition) is 1. The maximum Gasteiger partial charge on any atom is 0.0456 e. The van der Waals surface area contributed by atoms with Crippen LogP contribution in [0.3, 0.4) is 0 Å². The summed E-state index contributed by atoms with van der Waals surface area (Å²) < 4.78 is 0. The fourth-order valence-corrected chi connectivity index (χ4v) is 2.26. The van der Waals surface area contributed by atoms with Gasteiger partial charge in [0.15, 0.2) is 0 Å². The van der Waals surface area contributed by atoms with Crippen molar-refractivity contribution in [3.8, 4) is 0 Å². The average molecular weight is 221 g/mol. The molecule has 0 unspecified atom stereocenters. The minimum Gasteiger partial charge on any atom is -0.361 e. The molecule has 0 amide bonds. The molecule has 3 aromatic rings. The summed E-state index contributed by atoms with van der Waals surface area (Å²) in [6, 6.07) is 19.1. The molecule has 1 nitrogen and oxygen atoms in total. The van der Waals surface area contributed by atoms with Gasteiger partial charge in [-0.2, -0.15) is 0 Å². The van der Waals surface area contributed by atoms with Gasteiger partial charge in [-0.3, -0.25) is 0 Å². The molecule has 1 heterocycles. The molecular formula is C16H15N. The van der Waals surface area contributed by atoms with E-state index in [4.69, 9.17) is 0 Å². The van der Waals surface area contributed by atoms with Crippen LogP contribution in [0.4, 0.5) is 0 Å². The molecule has 0 aliphatic rings. The minimum absolute atomic E-state index is 1.09. The van der Waals surface area contributed by atoms with Crippen molar-refractivity contribution in [1.29, 1.82) is 0 Å². The van der Waals surface area contributed by atoms with Crippen LogP contribution in [0.2, 0.25) is 0 Å². The van der Waals surface area contributed by atoms with Crippen molar-refractivity contribution < 1.29 is 0 Å². The lowest BCUT2D eigenvalue weighted by molar-refractivity contribution is 0.968. The van der Waals surface area contributed by atoms with E-state index in [1.54, 1.807) is 0 Å². The molecule has 1 N–H and O–H groups in total. The number of hydrogen-bond acceptors (Lipinski definition) is 0. The Morgan fingerprint density at radius 3 is 2.41 bits per heavy atom. The summed E-state index contributed by atoms with van der Waals surface area (Å²) in [6.07, 6.45) is 4.32. The molecule has 0 aliphatic carbocycles. The third-order valence-electron chi connectivity index (χ3n) is 3.20. The Bertz CT molecular complexity index is 608. The van der Waals surface area contributed by atoms with Crippen LogP contribution in [0.25, 0.3) is 10.9 Å². The van der Waals surface area contributed by atoms with Crippen molar-refractivity contribution in [2.75, 3.05) is 0 Å². The topological polar surface area (TPSA) is 15.8 Å². The summed E-state index contributed by atoms with van der Waals surface area (Å²) in [5.41, 5.74) is 4.04. The summed E-state index contributed by atoms with van der Waals surface area (Å²) >= 11 is 0. The first-order valence-electron chi connectivity index (χ1n) is 6.02. The predicted octanol–water partition coefficient (Wildman–Crippen LogP) is 3.95. The quantitative estimate of drug-likeness (QED) is 0.689. The summed E-state index contributed by atoms with van der Waals surface area (Å²) in [5.74, 6) is 0. The average Bonchev–Trinajstić information content (AvgIpc) is 2.81. The van der Waals surface area contributed by atoms with Crippen molar-refractivity contribution in [2.24, 2.45) is 0 Å². The zero-order valence-electron chi connectivity index (χ0n) is 9.69. The molecule has 2 aromatic carbocycles. The van der Waals surface area contributed by atoms with Crippen molar-refractivity contribution in [3.05, 3.63) is 71.9 Å². The summed E-state index contributed by atoms with van der Waals surface area (Å²) in [5, 5.41) is 1.35. The second-order valence-corrected chi connectivity index (χ2v) is 4.35. The Balaban J connectivity index is 1.82. The monoisotopic (exact) mass is 221 g/mol. The standard InChI is InChI=1S/C16H15N/c1-2-6-13(7-3-1)10-11-14-12-17-16-9-5-4-8-15(14)16/h1-9,12,17H,10-11H2. The Morgan fingerprint density at radius 2 is 1.53 bits per heavy atom. The fraction of sp³-hybridized carbons (Fsp3) is 0.125. The van der Waals surface area contributed by atoms with E-state index in [1.807, 2.05) is 0 Å². The molecule has 17 heavy (non-hydrogen) atoms. The predicted molar refractivity (Wildman–Crippen MR) is 72.1 cm³/mol. The highest BCUT2D eigenvalue weighted by Gasteiger charge is 2.02. The van der Waals surface area contributed by atoms with E-state index in [0.717, 1.165) is 12.8 Å². The van der Waals surface area contributed by atoms with Crippen LogP contribution >= 0.6 is 0 Å². The van der Waals surface area contributed by atoms with Crippen LogP contribution < -0.4 is 0 Å². The van der Waals surface area contributed by atoms with Crippen molar-refractivity contribution in [2.45, 2.75) is 12.8 Å². The van der Waals surface area contributed by atoms with Crippen LogP contribution in [0.5, 0.6) is 0 Å². The van der Waals surface area contributed by atoms with Crippen LogP contribution in [-0.2, 0) is 12.8 Å². The molecule has 1 aromatic heterocycles. The minimum atomic E-state index is 1.09. The van der Waals surface area contributed by atoms with Gasteiger partial charge in [0, 0.05) is 17.1 Å². The lowest BCUT2D eigenvalue weighted by Crippen LogP contribution is -1.89. The van der Waals surface area contributed by atoms with Crippen LogP contribution in [-0.4, -0.2) is 4.98 Å². The van der Waals surface area contributed by atoms with Gasteiger partial charge < -0.3 is 4.98 Å². The van der Waals surface area contributed by atoms with Gasteiger partial charge in [0.25, 0.3) is 0 Å². The third kappa shape index (κ3) is 2.09. The van der Waals surface area contributed by atoms with Gasteiger partial charge in [0.05, 0.1) is 0 Å². The Labute approximate surface area is 101 Å². The highest BCUT2D eigenvalue weighted by molar-refractivity contribution is 5.83. The van der Waals surface area contributed by atoms with E-state index in [-0.39, 0.29) is 0 Å². The number of aromatic amines is 1. The van der Waals surface area contributed by atoms with Crippen molar-refractivity contribution >= 4 is 10.9 Å². The third-order valence-corrected chi connectivity index (χ3v) is 3.20. The summed E-state index contributed by atoms with van der Waals surface area (Å²) in [4.78, 5) is 3.32. The van der Waals surface area contributed by atoms with Gasteiger partial charge >= 0.3 is 0 Å². The molecule has 0 spiro atoms. The Kier molecular flexibility index (Phi) is 2.66. The molecule has 0 radical (unpaired) electrons. The first-order chi connectivity index (χ1) is 8.43. The van der Waals surface area contributed by atoms with Crippen molar-refractivity contribution in [1.82, 2.24) is 4.98 Å². The first-order valence-corrected chi connectivity index (χ1v) is 6.02. The van der Waals surface area contributed by atoms with Gasteiger partial charge in [0.2, 0.25) is 0 Å². The van der Waals surface area contributed by atoms with E-state index in [1.165, 1.54) is 22.0 Å². The molecule has 0 aliphatic heterocycles. The molecule has 0 saturated carbocycles. The number of rotatable bonds is 3. The van der Waals surface area contributed by atoms with Crippen LogP contribution in [0.1, 0.15) is 11.1 Å². The van der Waals surface area contributed by atoms with E-state index in [9.17, 15) is 0 Å². The number of aromatic nitrogens is 1. The molecule has 84 valence electrons. The van der Waals surface area contributed by atoms with Gasteiger partial charge in [0.1, 0.15) is 0 Å². The lowest BCUT2D eigenvalue weighted by Gasteiger charge is -2.00. The molecule has 0 atom stereocenters. The number of H-pyrrole nitrogens is 1. The number of benzene rings is 2. The smallest absolute Gasteiger partial charge is 0.0456 e. The van der Waals surface area contributed by atoms with E-state index in [0.29, 0.717) is 0 Å². The van der Waals surface area contributed by atoms with Gasteiger partial charge in [-0.05, 0) is 30.0 Å². The van der Waals surface area contributed by atoms with E-state index < -0.39 is 0 Å². The summed E-state index contributed by atoms with van der Waals surface area (Å²) in [7, 11) is 0. The maximum atomic E-state index is 3.32. The normalized spacial score (nSPS) is 10.8. The SMILES string of the molecule is c1ccc(CCc2c[nH]c3ccccc23)cc1. The zero-order chi connectivity index (χ0) is 11.5. The largest absolute Gasteiger partial charge is 0.361 e. The fourth-order valence-electron chi connectivity index (χ4n) is 2.26. The molecular weight excluding hydrogens is 206 g/mol. The maximum absolute atomic E-state index is 3.32. The summed E-state index contributed by atoms with van der Waals surface area (Å²) in [6.45, 7) is 0. The number of nitrogens with one attached hydrogen (secondary N) is 1. The number of aryl methyl sites for hydroxylation is 2. The molecule has 0 bridgehead atoms. The second kappa shape index (κ2) is 4.46. The zero-order valence-corrected chi connectivity index (χ0v) is 9.69. The second-order valence-electron chi connectivity index (χ2n) is 4.35.